The largest absolute Gasteiger partial charge is 0.360 e. The van der Waals surface area contributed by atoms with Gasteiger partial charge in [-0.3, -0.25) is 4.99 Å². The summed E-state index contributed by atoms with van der Waals surface area (Å²) in [5, 5.41) is 4.71. The van der Waals surface area contributed by atoms with Gasteiger partial charge >= 0.3 is 0 Å². The molecular formula is C12H25N3S. The van der Waals surface area contributed by atoms with Gasteiger partial charge in [0.15, 0.2) is 5.17 Å². The lowest BCUT2D eigenvalue weighted by atomic mass is 9.96. The summed E-state index contributed by atoms with van der Waals surface area (Å²) in [6.45, 7) is 6.59. The Balaban J connectivity index is 2.33. The number of nitrogens with one attached hydrogen (secondary N) is 1. The molecule has 1 N–H and O–H groups in total. The highest BCUT2D eigenvalue weighted by Gasteiger charge is 2.27. The molecule has 0 spiro atoms. The number of thioether (sulfide) groups is 1. The minimum atomic E-state index is 0.269. The van der Waals surface area contributed by atoms with Gasteiger partial charge in [-0.1, -0.05) is 18.7 Å². The summed E-state index contributed by atoms with van der Waals surface area (Å²) < 4.78 is 0. The van der Waals surface area contributed by atoms with Crippen molar-refractivity contribution in [1.82, 2.24) is 10.2 Å². The Kier molecular flexibility index (Phi) is 5.62. The molecule has 0 aromatic rings. The monoisotopic (exact) mass is 243 g/mol. The Morgan fingerprint density at radius 3 is 2.88 bits per heavy atom. The number of hydrogen-bond acceptors (Lipinski definition) is 3. The Bertz CT molecular complexity index is 240. The van der Waals surface area contributed by atoms with Crippen LogP contribution in [0.3, 0.4) is 0 Å². The van der Waals surface area contributed by atoms with E-state index in [0.717, 1.165) is 24.7 Å². The van der Waals surface area contributed by atoms with E-state index in [1.807, 2.05) is 11.8 Å². The number of nitrogens with zero attached hydrogens (tertiary/aromatic N) is 2. The predicted molar refractivity (Wildman–Crippen MR) is 74.4 cm³/mol. The third-order valence-electron chi connectivity index (χ3n) is 3.10. The van der Waals surface area contributed by atoms with Gasteiger partial charge in [-0.2, -0.15) is 0 Å². The number of hydrogen-bond donors (Lipinski definition) is 1. The fourth-order valence-corrected chi connectivity index (χ4v) is 2.89. The van der Waals surface area contributed by atoms with Crippen molar-refractivity contribution in [2.24, 2.45) is 4.99 Å². The van der Waals surface area contributed by atoms with E-state index in [2.05, 4.69) is 43.2 Å². The lowest BCUT2D eigenvalue weighted by Gasteiger charge is -2.35. The third kappa shape index (κ3) is 4.74. The molecule has 0 amide bonds. The fourth-order valence-electron chi connectivity index (χ4n) is 1.65. The molecular weight excluding hydrogens is 218 g/mol. The van der Waals surface area contributed by atoms with E-state index in [9.17, 15) is 0 Å². The zero-order valence-electron chi connectivity index (χ0n) is 11.0. The molecule has 0 bridgehead atoms. The number of amidine groups is 1. The van der Waals surface area contributed by atoms with Crippen LogP contribution < -0.4 is 5.32 Å². The lowest BCUT2D eigenvalue weighted by Crippen LogP contribution is -2.48. The maximum atomic E-state index is 4.64. The van der Waals surface area contributed by atoms with Crippen molar-refractivity contribution in [3.05, 3.63) is 0 Å². The first kappa shape index (κ1) is 13.8. The van der Waals surface area contributed by atoms with Gasteiger partial charge < -0.3 is 10.2 Å². The summed E-state index contributed by atoms with van der Waals surface area (Å²) in [6.07, 6.45) is 3.55. The van der Waals surface area contributed by atoms with Crippen LogP contribution >= 0.6 is 11.8 Å². The summed E-state index contributed by atoms with van der Waals surface area (Å²) >= 11 is 1.86. The molecule has 1 fully saturated rings. The van der Waals surface area contributed by atoms with Crippen LogP contribution in [-0.4, -0.2) is 48.5 Å². The second kappa shape index (κ2) is 6.50. The average Bonchev–Trinajstić information content (AvgIpc) is 2.24. The van der Waals surface area contributed by atoms with Gasteiger partial charge in [0.25, 0.3) is 0 Å². The highest BCUT2D eigenvalue weighted by atomic mass is 32.2. The zero-order valence-corrected chi connectivity index (χ0v) is 11.9. The summed E-state index contributed by atoms with van der Waals surface area (Å²) in [6, 6.07) is 0. The molecule has 3 nitrogen and oxygen atoms in total. The SMILES string of the molecule is CCC1(C)CCSC(=NCCCN(C)C)N1. The number of rotatable bonds is 5. The van der Waals surface area contributed by atoms with Crippen molar-refractivity contribution in [1.29, 1.82) is 0 Å². The van der Waals surface area contributed by atoms with E-state index >= 15 is 0 Å². The second-order valence-electron chi connectivity index (χ2n) is 4.98. The predicted octanol–water partition coefficient (Wildman–Crippen LogP) is 2.19. The van der Waals surface area contributed by atoms with Crippen LogP contribution in [-0.2, 0) is 0 Å². The smallest absolute Gasteiger partial charge is 0.156 e. The van der Waals surface area contributed by atoms with Gasteiger partial charge in [-0.25, -0.2) is 0 Å². The van der Waals surface area contributed by atoms with E-state index in [-0.39, 0.29) is 5.54 Å². The van der Waals surface area contributed by atoms with Gasteiger partial charge in [0, 0.05) is 17.8 Å². The quantitative estimate of drug-likeness (QED) is 0.750. The Morgan fingerprint density at radius 2 is 2.25 bits per heavy atom. The Morgan fingerprint density at radius 1 is 1.50 bits per heavy atom. The fraction of sp³-hybridized carbons (Fsp3) is 0.917. The van der Waals surface area contributed by atoms with Crippen LogP contribution in [0.4, 0.5) is 0 Å². The van der Waals surface area contributed by atoms with Crippen molar-refractivity contribution in [3.63, 3.8) is 0 Å². The molecule has 1 heterocycles. The van der Waals surface area contributed by atoms with Crippen LogP contribution in [0, 0.1) is 0 Å². The molecule has 1 aliphatic heterocycles. The molecule has 94 valence electrons. The Hall–Kier alpha value is -0.220. The molecule has 1 atom stereocenters. The van der Waals surface area contributed by atoms with Crippen LogP contribution in [0.25, 0.3) is 0 Å². The molecule has 1 aliphatic rings. The molecule has 0 aromatic carbocycles. The molecule has 1 unspecified atom stereocenters. The summed E-state index contributed by atoms with van der Waals surface area (Å²) in [5.74, 6) is 1.20. The molecule has 1 rings (SSSR count). The van der Waals surface area contributed by atoms with Crippen molar-refractivity contribution in [3.8, 4) is 0 Å². The summed E-state index contributed by atoms with van der Waals surface area (Å²) in [7, 11) is 4.21. The van der Waals surface area contributed by atoms with Crippen molar-refractivity contribution >= 4 is 16.9 Å². The Labute approximate surface area is 104 Å². The molecule has 0 saturated carbocycles. The van der Waals surface area contributed by atoms with Gasteiger partial charge in [0.2, 0.25) is 0 Å². The average molecular weight is 243 g/mol. The standard InChI is InChI=1S/C12H25N3S/c1-5-12(2)7-10-16-11(14-12)13-8-6-9-15(3)4/h5-10H2,1-4H3,(H,13,14). The third-order valence-corrected chi connectivity index (χ3v) is 4.01. The maximum absolute atomic E-state index is 4.64. The van der Waals surface area contributed by atoms with Gasteiger partial charge in [0.05, 0.1) is 0 Å². The first-order chi connectivity index (χ1) is 7.56. The van der Waals surface area contributed by atoms with Gasteiger partial charge in [0.1, 0.15) is 0 Å². The molecule has 1 saturated heterocycles. The van der Waals surface area contributed by atoms with Crippen LogP contribution in [0.1, 0.15) is 33.1 Å². The molecule has 16 heavy (non-hydrogen) atoms. The minimum Gasteiger partial charge on any atom is -0.360 e. The normalized spacial score (nSPS) is 28.4. The van der Waals surface area contributed by atoms with Crippen LogP contribution in [0.2, 0.25) is 0 Å². The van der Waals surface area contributed by atoms with E-state index in [0.29, 0.717) is 0 Å². The zero-order chi connectivity index (χ0) is 12.0. The van der Waals surface area contributed by atoms with Gasteiger partial charge in [-0.15, -0.1) is 0 Å². The van der Waals surface area contributed by atoms with Gasteiger partial charge in [-0.05, 0) is 46.8 Å². The lowest BCUT2D eigenvalue weighted by molar-refractivity contribution is 0.388. The van der Waals surface area contributed by atoms with Crippen molar-refractivity contribution in [2.45, 2.75) is 38.6 Å². The van der Waals surface area contributed by atoms with E-state index in [4.69, 9.17) is 0 Å². The van der Waals surface area contributed by atoms with Crippen LogP contribution in [0.5, 0.6) is 0 Å². The van der Waals surface area contributed by atoms with Crippen LogP contribution in [0.15, 0.2) is 4.99 Å². The maximum Gasteiger partial charge on any atom is 0.156 e. The summed E-state index contributed by atoms with van der Waals surface area (Å²) in [5.41, 5.74) is 0.269. The highest BCUT2D eigenvalue weighted by molar-refractivity contribution is 8.13. The van der Waals surface area contributed by atoms with Crippen molar-refractivity contribution < 1.29 is 0 Å². The first-order valence-corrected chi connectivity index (χ1v) is 7.14. The highest BCUT2D eigenvalue weighted by Crippen LogP contribution is 2.24. The van der Waals surface area contributed by atoms with E-state index in [1.54, 1.807) is 0 Å². The summed E-state index contributed by atoms with van der Waals surface area (Å²) in [4.78, 5) is 6.85. The van der Waals surface area contributed by atoms with Crippen molar-refractivity contribution in [2.75, 3.05) is 32.9 Å². The topological polar surface area (TPSA) is 27.6 Å². The number of aliphatic imine (C=N–C) groups is 1. The minimum absolute atomic E-state index is 0.269. The second-order valence-corrected chi connectivity index (χ2v) is 6.06. The molecule has 0 aromatic heterocycles. The molecule has 0 aliphatic carbocycles. The van der Waals surface area contributed by atoms with E-state index < -0.39 is 0 Å². The first-order valence-electron chi connectivity index (χ1n) is 6.16. The molecule has 4 heteroatoms. The molecule has 0 radical (unpaired) electrons. The van der Waals surface area contributed by atoms with E-state index in [1.165, 1.54) is 18.6 Å².